The number of ketones is 1. The van der Waals surface area contributed by atoms with Crippen molar-refractivity contribution >= 4 is 5.78 Å². The lowest BCUT2D eigenvalue weighted by atomic mass is 9.87. The van der Waals surface area contributed by atoms with Gasteiger partial charge in [0, 0.05) is 31.0 Å². The van der Waals surface area contributed by atoms with E-state index >= 15 is 0 Å². The summed E-state index contributed by atoms with van der Waals surface area (Å²) in [6, 6.07) is 4.54. The Bertz CT molecular complexity index is 505. The molecule has 20 heavy (non-hydrogen) atoms. The molecule has 0 aromatic heterocycles. The van der Waals surface area contributed by atoms with Crippen LogP contribution in [-0.2, 0) is 11.2 Å². The molecule has 0 spiro atoms. The van der Waals surface area contributed by atoms with Gasteiger partial charge in [0.25, 0.3) is 0 Å². The quantitative estimate of drug-likeness (QED) is 0.918. The second-order valence-electron chi connectivity index (χ2n) is 6.13. The molecule has 2 bridgehead atoms. The third-order valence-corrected chi connectivity index (χ3v) is 4.49. The molecule has 2 fully saturated rings. The van der Waals surface area contributed by atoms with Crippen molar-refractivity contribution < 1.29 is 13.6 Å². The fraction of sp³-hybridized carbons (Fsp3) is 0.562. The largest absolute Gasteiger partial charge is 0.311 e. The second-order valence-corrected chi connectivity index (χ2v) is 6.13. The van der Waals surface area contributed by atoms with Crippen LogP contribution in [0.2, 0.25) is 0 Å². The monoisotopic (exact) mass is 279 g/mol. The Morgan fingerprint density at radius 2 is 1.90 bits per heavy atom. The molecule has 2 nitrogen and oxygen atoms in total. The highest BCUT2D eigenvalue weighted by Gasteiger charge is 2.34. The van der Waals surface area contributed by atoms with Gasteiger partial charge in [-0.15, -0.1) is 0 Å². The molecule has 3 rings (SSSR count). The SMILES string of the molecule is O=C(Cc1ccc(F)cc1F)CC1CC2CCC(C1)N2. The molecular weight excluding hydrogens is 260 g/mol. The maximum absolute atomic E-state index is 13.5. The first kappa shape index (κ1) is 13.7. The zero-order valence-corrected chi connectivity index (χ0v) is 11.4. The van der Waals surface area contributed by atoms with Gasteiger partial charge in [0.15, 0.2) is 0 Å². The van der Waals surface area contributed by atoms with E-state index in [0.29, 0.717) is 30.0 Å². The van der Waals surface area contributed by atoms with Gasteiger partial charge in [-0.1, -0.05) is 6.07 Å². The van der Waals surface area contributed by atoms with E-state index < -0.39 is 11.6 Å². The van der Waals surface area contributed by atoms with Crippen molar-refractivity contribution in [3.8, 4) is 0 Å². The van der Waals surface area contributed by atoms with E-state index in [0.717, 1.165) is 18.9 Å². The fourth-order valence-corrected chi connectivity index (χ4v) is 3.61. The van der Waals surface area contributed by atoms with Crippen LogP contribution in [0.15, 0.2) is 18.2 Å². The van der Waals surface area contributed by atoms with Gasteiger partial charge in [-0.05, 0) is 43.2 Å². The van der Waals surface area contributed by atoms with Crippen molar-refractivity contribution in [3.63, 3.8) is 0 Å². The van der Waals surface area contributed by atoms with Gasteiger partial charge in [0.2, 0.25) is 0 Å². The van der Waals surface area contributed by atoms with E-state index in [4.69, 9.17) is 0 Å². The van der Waals surface area contributed by atoms with Gasteiger partial charge in [-0.25, -0.2) is 8.78 Å². The zero-order valence-electron chi connectivity index (χ0n) is 11.4. The smallest absolute Gasteiger partial charge is 0.137 e. The highest BCUT2D eigenvalue weighted by molar-refractivity contribution is 5.81. The predicted octanol–water partition coefficient (Wildman–Crippen LogP) is 3.00. The molecule has 2 aliphatic rings. The lowest BCUT2D eigenvalue weighted by molar-refractivity contribution is -0.119. The van der Waals surface area contributed by atoms with Gasteiger partial charge in [-0.2, -0.15) is 0 Å². The van der Waals surface area contributed by atoms with Crippen molar-refractivity contribution in [2.45, 2.75) is 50.6 Å². The number of piperidine rings is 1. The van der Waals surface area contributed by atoms with Crippen molar-refractivity contribution in [3.05, 3.63) is 35.4 Å². The average molecular weight is 279 g/mol. The molecule has 2 saturated heterocycles. The Morgan fingerprint density at radius 1 is 1.20 bits per heavy atom. The normalized spacial score (nSPS) is 28.6. The third-order valence-electron chi connectivity index (χ3n) is 4.49. The number of Topliss-reactive ketones (excluding diaryl/α,β-unsaturated/α-hetero) is 1. The van der Waals surface area contributed by atoms with Crippen molar-refractivity contribution in [1.82, 2.24) is 5.32 Å². The third kappa shape index (κ3) is 3.06. The molecule has 2 aliphatic heterocycles. The van der Waals surface area contributed by atoms with Crippen LogP contribution in [0.3, 0.4) is 0 Å². The lowest BCUT2D eigenvalue weighted by Crippen LogP contribution is -2.38. The van der Waals surface area contributed by atoms with Crippen LogP contribution in [0.1, 0.15) is 37.7 Å². The van der Waals surface area contributed by atoms with Crippen LogP contribution in [0.25, 0.3) is 0 Å². The molecule has 108 valence electrons. The average Bonchev–Trinajstić information content (AvgIpc) is 2.72. The van der Waals surface area contributed by atoms with Crippen LogP contribution in [-0.4, -0.2) is 17.9 Å². The Balaban J connectivity index is 1.57. The number of benzene rings is 1. The summed E-state index contributed by atoms with van der Waals surface area (Å²) in [5.41, 5.74) is 0.299. The van der Waals surface area contributed by atoms with Crippen molar-refractivity contribution in [2.24, 2.45) is 5.92 Å². The van der Waals surface area contributed by atoms with Gasteiger partial charge in [0.1, 0.15) is 17.4 Å². The first-order valence-electron chi connectivity index (χ1n) is 7.32. The van der Waals surface area contributed by atoms with Crippen LogP contribution in [0.5, 0.6) is 0 Å². The summed E-state index contributed by atoms with van der Waals surface area (Å²) in [6.07, 6.45) is 5.11. The van der Waals surface area contributed by atoms with E-state index in [1.165, 1.54) is 25.0 Å². The van der Waals surface area contributed by atoms with Crippen LogP contribution < -0.4 is 5.32 Å². The Kier molecular flexibility index (Phi) is 3.83. The summed E-state index contributed by atoms with van der Waals surface area (Å²) < 4.78 is 26.3. The van der Waals surface area contributed by atoms with Gasteiger partial charge in [0.05, 0.1) is 0 Å². The van der Waals surface area contributed by atoms with E-state index in [9.17, 15) is 13.6 Å². The molecule has 0 aliphatic carbocycles. The summed E-state index contributed by atoms with van der Waals surface area (Å²) >= 11 is 0. The number of halogens is 2. The van der Waals surface area contributed by atoms with E-state index in [2.05, 4.69) is 5.32 Å². The lowest BCUT2D eigenvalue weighted by Gasteiger charge is -2.28. The number of fused-ring (bicyclic) bond motifs is 2. The highest BCUT2D eigenvalue weighted by atomic mass is 19.1. The fourth-order valence-electron chi connectivity index (χ4n) is 3.61. The Labute approximate surface area is 117 Å². The van der Waals surface area contributed by atoms with Crippen LogP contribution >= 0.6 is 0 Å². The first-order chi connectivity index (χ1) is 9.60. The van der Waals surface area contributed by atoms with Gasteiger partial charge < -0.3 is 5.32 Å². The maximum atomic E-state index is 13.5. The minimum atomic E-state index is -0.622. The molecule has 1 aromatic rings. The minimum Gasteiger partial charge on any atom is -0.311 e. The molecule has 1 N–H and O–H groups in total. The Morgan fingerprint density at radius 3 is 2.55 bits per heavy atom. The summed E-state index contributed by atoms with van der Waals surface area (Å²) in [5, 5.41) is 3.55. The van der Waals surface area contributed by atoms with E-state index in [1.807, 2.05) is 0 Å². The van der Waals surface area contributed by atoms with E-state index in [-0.39, 0.29) is 12.2 Å². The molecule has 2 unspecified atom stereocenters. The van der Waals surface area contributed by atoms with Gasteiger partial charge in [-0.3, -0.25) is 4.79 Å². The summed E-state index contributed by atoms with van der Waals surface area (Å²) in [4.78, 5) is 12.1. The Hall–Kier alpha value is -1.29. The number of nitrogens with one attached hydrogen (secondary N) is 1. The summed E-state index contributed by atoms with van der Waals surface area (Å²) in [5.74, 6) is -0.746. The number of hydrogen-bond acceptors (Lipinski definition) is 2. The van der Waals surface area contributed by atoms with Crippen molar-refractivity contribution in [2.75, 3.05) is 0 Å². The number of carbonyl (C=O) groups excluding carboxylic acids is 1. The number of hydrogen-bond donors (Lipinski definition) is 1. The molecule has 0 radical (unpaired) electrons. The molecule has 1 aromatic carbocycles. The molecule has 4 heteroatoms. The molecule has 0 amide bonds. The summed E-state index contributed by atoms with van der Waals surface area (Å²) in [6.45, 7) is 0. The number of rotatable bonds is 4. The van der Waals surface area contributed by atoms with Crippen LogP contribution in [0.4, 0.5) is 8.78 Å². The van der Waals surface area contributed by atoms with E-state index in [1.54, 1.807) is 0 Å². The first-order valence-corrected chi connectivity index (χ1v) is 7.32. The highest BCUT2D eigenvalue weighted by Crippen LogP contribution is 2.33. The van der Waals surface area contributed by atoms with Crippen molar-refractivity contribution in [1.29, 1.82) is 0 Å². The molecule has 2 heterocycles. The summed E-state index contributed by atoms with van der Waals surface area (Å²) in [7, 11) is 0. The molecule has 2 atom stereocenters. The second kappa shape index (κ2) is 5.60. The van der Waals surface area contributed by atoms with Crippen LogP contribution in [0, 0.1) is 17.6 Å². The predicted molar refractivity (Wildman–Crippen MR) is 72.4 cm³/mol. The topological polar surface area (TPSA) is 29.1 Å². The number of carbonyl (C=O) groups is 1. The zero-order chi connectivity index (χ0) is 14.1. The molecular formula is C16H19F2NO. The minimum absolute atomic E-state index is 0.0572. The van der Waals surface area contributed by atoms with Gasteiger partial charge >= 0.3 is 0 Å². The standard InChI is InChI=1S/C16H19F2NO/c17-12-2-1-11(16(18)9-12)8-15(20)7-10-5-13-3-4-14(6-10)19-13/h1-2,9-10,13-14,19H,3-8H2. The maximum Gasteiger partial charge on any atom is 0.137 e. The molecule has 0 saturated carbocycles.